The van der Waals surface area contributed by atoms with Crippen molar-refractivity contribution in [3.8, 4) is 0 Å². The lowest BCUT2D eigenvalue weighted by atomic mass is 10.2. The number of hydrogen-bond donors (Lipinski definition) is 2. The third-order valence-corrected chi connectivity index (χ3v) is 4.60. The zero-order valence-electron chi connectivity index (χ0n) is 14.4. The molecule has 1 aliphatic rings. The van der Waals surface area contributed by atoms with Crippen molar-refractivity contribution in [2.24, 2.45) is 4.99 Å². The Labute approximate surface area is 161 Å². The number of thiazole rings is 1. The lowest BCUT2D eigenvalue weighted by Crippen LogP contribution is -2.37. The van der Waals surface area contributed by atoms with Crippen molar-refractivity contribution in [2.75, 3.05) is 13.1 Å². The molecule has 1 aliphatic carbocycles. The SMILES string of the molecule is CCNC(=NCc1nc(C(C)C)cs1)NCCC1=CCCC1.I. The Balaban J connectivity index is 0.00000264. The highest BCUT2D eigenvalue weighted by atomic mass is 127. The number of hydrogen-bond acceptors (Lipinski definition) is 3. The fraction of sp³-hybridized carbons (Fsp3) is 0.647. The van der Waals surface area contributed by atoms with Crippen LogP contribution in [0.2, 0.25) is 0 Å². The van der Waals surface area contributed by atoms with Gasteiger partial charge in [0.15, 0.2) is 5.96 Å². The fourth-order valence-corrected chi connectivity index (χ4v) is 3.34. The highest BCUT2D eigenvalue weighted by Crippen LogP contribution is 2.20. The number of nitrogens with one attached hydrogen (secondary N) is 2. The van der Waals surface area contributed by atoms with Crippen LogP contribution in [0.5, 0.6) is 0 Å². The first kappa shape index (κ1) is 20.4. The van der Waals surface area contributed by atoms with Gasteiger partial charge < -0.3 is 10.6 Å². The quantitative estimate of drug-likeness (QED) is 0.281. The molecule has 2 rings (SSSR count). The second-order valence-corrected chi connectivity index (χ2v) is 6.89. The number of halogens is 1. The molecule has 0 fully saturated rings. The van der Waals surface area contributed by atoms with Gasteiger partial charge in [-0.25, -0.2) is 9.98 Å². The van der Waals surface area contributed by atoms with Crippen molar-refractivity contribution in [3.63, 3.8) is 0 Å². The van der Waals surface area contributed by atoms with E-state index in [1.165, 1.54) is 25.0 Å². The largest absolute Gasteiger partial charge is 0.357 e. The van der Waals surface area contributed by atoms with Crippen LogP contribution < -0.4 is 10.6 Å². The normalized spacial score (nSPS) is 14.6. The summed E-state index contributed by atoms with van der Waals surface area (Å²) < 4.78 is 0. The first-order valence-electron chi connectivity index (χ1n) is 8.33. The monoisotopic (exact) mass is 448 g/mol. The van der Waals surface area contributed by atoms with Crippen LogP contribution in [0.25, 0.3) is 0 Å². The van der Waals surface area contributed by atoms with Gasteiger partial charge in [-0.05, 0) is 38.5 Å². The van der Waals surface area contributed by atoms with Gasteiger partial charge in [-0.2, -0.15) is 0 Å². The molecule has 0 aromatic carbocycles. The van der Waals surface area contributed by atoms with Crippen LogP contribution in [0.3, 0.4) is 0 Å². The lowest BCUT2D eigenvalue weighted by Gasteiger charge is -2.11. The average Bonchev–Trinajstić information content (AvgIpc) is 3.16. The van der Waals surface area contributed by atoms with Crippen LogP contribution in [0, 0.1) is 0 Å². The Morgan fingerprint density at radius 3 is 2.83 bits per heavy atom. The molecule has 1 aromatic heterocycles. The predicted octanol–water partition coefficient (Wildman–Crippen LogP) is 4.44. The molecule has 130 valence electrons. The molecule has 2 N–H and O–H groups in total. The maximum absolute atomic E-state index is 4.64. The second-order valence-electron chi connectivity index (χ2n) is 5.95. The fourth-order valence-electron chi connectivity index (χ4n) is 2.46. The summed E-state index contributed by atoms with van der Waals surface area (Å²) in [6.07, 6.45) is 7.36. The molecule has 23 heavy (non-hydrogen) atoms. The van der Waals surface area contributed by atoms with E-state index in [1.807, 2.05) is 0 Å². The molecule has 0 atom stereocenters. The Morgan fingerprint density at radius 1 is 1.39 bits per heavy atom. The summed E-state index contributed by atoms with van der Waals surface area (Å²) in [6.45, 7) is 8.92. The van der Waals surface area contributed by atoms with Gasteiger partial charge in [0.25, 0.3) is 0 Å². The first-order chi connectivity index (χ1) is 10.7. The minimum atomic E-state index is 0. The van der Waals surface area contributed by atoms with Crippen molar-refractivity contribution in [1.82, 2.24) is 15.6 Å². The Kier molecular flexibility index (Phi) is 9.78. The highest BCUT2D eigenvalue weighted by Gasteiger charge is 2.07. The van der Waals surface area contributed by atoms with Gasteiger partial charge in [-0.3, -0.25) is 0 Å². The maximum Gasteiger partial charge on any atom is 0.191 e. The summed E-state index contributed by atoms with van der Waals surface area (Å²) >= 11 is 1.70. The van der Waals surface area contributed by atoms with E-state index in [2.05, 4.69) is 52.8 Å². The van der Waals surface area contributed by atoms with Gasteiger partial charge in [0.05, 0.1) is 12.2 Å². The van der Waals surface area contributed by atoms with Crippen LogP contribution >= 0.6 is 35.3 Å². The van der Waals surface area contributed by atoms with Gasteiger partial charge in [0.2, 0.25) is 0 Å². The number of guanidine groups is 1. The summed E-state index contributed by atoms with van der Waals surface area (Å²) in [5.74, 6) is 1.38. The molecule has 0 unspecified atom stereocenters. The molecule has 0 aliphatic heterocycles. The van der Waals surface area contributed by atoms with Crippen LogP contribution in [0.4, 0.5) is 0 Å². The van der Waals surface area contributed by atoms with Crippen molar-refractivity contribution >= 4 is 41.3 Å². The van der Waals surface area contributed by atoms with Gasteiger partial charge >= 0.3 is 0 Å². The molecule has 1 aromatic rings. The van der Waals surface area contributed by atoms with E-state index in [1.54, 1.807) is 16.9 Å². The summed E-state index contributed by atoms with van der Waals surface area (Å²) in [5, 5.41) is 9.95. The standard InChI is InChI=1S/C17H28N4S.HI/c1-4-18-17(19-10-9-14-7-5-6-8-14)20-11-16-21-15(12-22-16)13(2)3;/h7,12-13H,4-6,8-11H2,1-3H3,(H2,18,19,20);1H. The lowest BCUT2D eigenvalue weighted by molar-refractivity contribution is 0.773. The molecule has 0 saturated heterocycles. The highest BCUT2D eigenvalue weighted by molar-refractivity contribution is 14.0. The molecule has 1 heterocycles. The topological polar surface area (TPSA) is 49.3 Å². The summed E-state index contributed by atoms with van der Waals surface area (Å²) in [7, 11) is 0. The van der Waals surface area contributed by atoms with Crippen molar-refractivity contribution < 1.29 is 0 Å². The van der Waals surface area contributed by atoms with Crippen molar-refractivity contribution in [1.29, 1.82) is 0 Å². The van der Waals surface area contributed by atoms with Crippen LogP contribution in [0.1, 0.15) is 63.1 Å². The van der Waals surface area contributed by atoms with E-state index < -0.39 is 0 Å². The predicted molar refractivity (Wildman–Crippen MR) is 111 cm³/mol. The van der Waals surface area contributed by atoms with Gasteiger partial charge in [0.1, 0.15) is 5.01 Å². The molecule has 0 radical (unpaired) electrons. The van der Waals surface area contributed by atoms with E-state index >= 15 is 0 Å². The van der Waals surface area contributed by atoms with E-state index in [0.29, 0.717) is 12.5 Å². The number of aliphatic imine (C=N–C) groups is 1. The van der Waals surface area contributed by atoms with E-state index in [-0.39, 0.29) is 24.0 Å². The molecule has 4 nitrogen and oxygen atoms in total. The van der Waals surface area contributed by atoms with Crippen LogP contribution in [-0.2, 0) is 6.54 Å². The number of nitrogens with zero attached hydrogens (tertiary/aromatic N) is 2. The third kappa shape index (κ3) is 7.20. The zero-order chi connectivity index (χ0) is 15.8. The smallest absolute Gasteiger partial charge is 0.191 e. The summed E-state index contributed by atoms with van der Waals surface area (Å²) in [4.78, 5) is 9.28. The van der Waals surface area contributed by atoms with Crippen molar-refractivity contribution in [3.05, 3.63) is 27.7 Å². The minimum absolute atomic E-state index is 0. The summed E-state index contributed by atoms with van der Waals surface area (Å²) in [5.41, 5.74) is 2.76. The van der Waals surface area contributed by atoms with Gasteiger partial charge in [-0.1, -0.05) is 25.5 Å². The van der Waals surface area contributed by atoms with E-state index in [0.717, 1.165) is 30.5 Å². The Bertz CT molecular complexity index is 522. The average molecular weight is 448 g/mol. The maximum atomic E-state index is 4.64. The molecular weight excluding hydrogens is 419 g/mol. The zero-order valence-corrected chi connectivity index (χ0v) is 17.5. The first-order valence-corrected chi connectivity index (χ1v) is 9.21. The Hall–Kier alpha value is -0.630. The van der Waals surface area contributed by atoms with E-state index in [9.17, 15) is 0 Å². The molecule has 6 heteroatoms. The van der Waals surface area contributed by atoms with Crippen LogP contribution in [0.15, 0.2) is 22.0 Å². The van der Waals surface area contributed by atoms with Crippen LogP contribution in [-0.4, -0.2) is 24.0 Å². The second kappa shape index (κ2) is 11.0. The van der Waals surface area contributed by atoms with Gasteiger partial charge in [-0.15, -0.1) is 35.3 Å². The summed E-state index contributed by atoms with van der Waals surface area (Å²) in [6, 6.07) is 0. The van der Waals surface area contributed by atoms with Crippen molar-refractivity contribution in [2.45, 2.75) is 58.9 Å². The minimum Gasteiger partial charge on any atom is -0.357 e. The Morgan fingerprint density at radius 2 is 2.22 bits per heavy atom. The molecule has 0 bridgehead atoms. The molecule has 0 spiro atoms. The molecular formula is C17H29IN4S. The number of aromatic nitrogens is 1. The van der Waals surface area contributed by atoms with E-state index in [4.69, 9.17) is 0 Å². The molecule has 0 amide bonds. The van der Waals surface area contributed by atoms with Gasteiger partial charge in [0, 0.05) is 18.5 Å². The number of allylic oxidation sites excluding steroid dienone is 1. The molecule has 0 saturated carbocycles. The number of rotatable bonds is 7. The third-order valence-electron chi connectivity index (χ3n) is 3.75.